The van der Waals surface area contributed by atoms with Crippen LogP contribution in [0, 0.1) is 57.5 Å². The second-order valence-corrected chi connectivity index (χ2v) is 8.54. The summed E-state index contributed by atoms with van der Waals surface area (Å²) in [6, 6.07) is 7.09. The van der Waals surface area contributed by atoms with E-state index in [1.165, 1.54) is 6.42 Å². The predicted molar refractivity (Wildman–Crippen MR) is 80.1 cm³/mol. The fraction of sp³-hybridized carbons (Fsp3) is 0.667. The van der Waals surface area contributed by atoms with Gasteiger partial charge in [-0.3, -0.25) is 15.4 Å². The van der Waals surface area contributed by atoms with Crippen LogP contribution in [-0.2, 0) is 11.3 Å². The molecule has 5 heteroatoms. The molecule has 10 atom stereocenters. The Bertz CT molecular complexity index is 771. The van der Waals surface area contributed by atoms with Gasteiger partial charge in [-0.05, 0) is 41.9 Å². The third-order valence-electron chi connectivity index (χ3n) is 8.45. The Morgan fingerprint density at radius 1 is 1.17 bits per heavy atom. The van der Waals surface area contributed by atoms with Gasteiger partial charge < -0.3 is 4.74 Å². The van der Waals surface area contributed by atoms with Crippen molar-refractivity contribution in [2.45, 2.75) is 24.8 Å². The van der Waals surface area contributed by atoms with Crippen LogP contribution in [0.3, 0.4) is 0 Å². The van der Waals surface area contributed by atoms with Crippen LogP contribution in [0.1, 0.15) is 12.0 Å². The number of nitro groups is 1. The zero-order chi connectivity index (χ0) is 15.1. The van der Waals surface area contributed by atoms with Gasteiger partial charge in [0.15, 0.2) is 0 Å². The molecule has 118 valence electrons. The number of para-hydroxylation sites is 1. The molecule has 10 unspecified atom stereocenters. The van der Waals surface area contributed by atoms with Crippen molar-refractivity contribution in [1.82, 2.24) is 5.32 Å². The number of nitro benzene ring substituents is 1. The zero-order valence-corrected chi connectivity index (χ0v) is 12.6. The minimum Gasteiger partial charge on any atom is -0.356 e. The van der Waals surface area contributed by atoms with Crippen LogP contribution in [0.2, 0.25) is 0 Å². The number of hydrogen-bond acceptors (Lipinski definition) is 4. The third kappa shape index (κ3) is 0.988. The molecule has 1 aromatic rings. The fourth-order valence-corrected chi connectivity index (χ4v) is 8.36. The summed E-state index contributed by atoms with van der Waals surface area (Å²) in [5, 5.41) is 14.9. The predicted octanol–water partition coefficient (Wildman–Crippen LogP) is 2.17. The van der Waals surface area contributed by atoms with E-state index in [2.05, 4.69) is 5.32 Å². The highest BCUT2D eigenvalue weighted by Gasteiger charge is 2.92. The molecule has 5 nitrogen and oxygen atoms in total. The molecule has 2 aliphatic heterocycles. The Morgan fingerprint density at radius 3 is 2.91 bits per heavy atom. The van der Waals surface area contributed by atoms with Crippen molar-refractivity contribution in [2.75, 3.05) is 0 Å². The lowest BCUT2D eigenvalue weighted by Gasteiger charge is -2.46. The standard InChI is InChI=1S/C18H18N2O3/c21-20(22)10-4-2-1-3-7(10)6-19-18-15-9-5-8-11-12(9)16(18)14(11)17(23-18)13(8)15/h1-4,8-9,11-17,19H,5-6H2. The highest BCUT2D eigenvalue weighted by Crippen LogP contribution is 2.89. The van der Waals surface area contributed by atoms with Crippen molar-refractivity contribution >= 4 is 5.69 Å². The second kappa shape index (κ2) is 3.33. The van der Waals surface area contributed by atoms with E-state index in [4.69, 9.17) is 4.74 Å². The lowest BCUT2D eigenvalue weighted by molar-refractivity contribution is -0.385. The maximum absolute atomic E-state index is 11.2. The summed E-state index contributed by atoms with van der Waals surface area (Å²) in [5.74, 6) is 6.66. The molecule has 0 amide bonds. The molecule has 7 fully saturated rings. The molecule has 2 heterocycles. The Labute approximate surface area is 133 Å². The average Bonchev–Trinajstić information content (AvgIpc) is 3.18. The molecule has 0 radical (unpaired) electrons. The summed E-state index contributed by atoms with van der Waals surface area (Å²) in [7, 11) is 0. The topological polar surface area (TPSA) is 64.4 Å². The first kappa shape index (κ1) is 12.0. The van der Waals surface area contributed by atoms with E-state index in [1.807, 2.05) is 12.1 Å². The van der Waals surface area contributed by atoms with E-state index >= 15 is 0 Å². The van der Waals surface area contributed by atoms with Gasteiger partial charge in [-0.1, -0.05) is 18.2 Å². The SMILES string of the molecule is O=[N+]([O-])c1ccccc1CNC12OC3C4C5CC(C6C5C3C61)C42. The van der Waals surface area contributed by atoms with E-state index in [0.717, 1.165) is 41.1 Å². The Balaban J connectivity index is 1.25. The number of rotatable bonds is 4. The first-order valence-corrected chi connectivity index (χ1v) is 8.87. The van der Waals surface area contributed by atoms with Crippen molar-refractivity contribution in [3.8, 4) is 0 Å². The molecule has 5 aliphatic carbocycles. The molecule has 0 spiro atoms. The van der Waals surface area contributed by atoms with Crippen LogP contribution >= 0.6 is 0 Å². The van der Waals surface area contributed by atoms with Gasteiger partial charge in [-0.25, -0.2) is 0 Å². The van der Waals surface area contributed by atoms with Gasteiger partial charge in [-0.2, -0.15) is 0 Å². The van der Waals surface area contributed by atoms with E-state index in [-0.39, 0.29) is 16.3 Å². The van der Waals surface area contributed by atoms with Gasteiger partial charge in [-0.15, -0.1) is 0 Å². The summed E-state index contributed by atoms with van der Waals surface area (Å²) in [6.07, 6.45) is 1.94. The van der Waals surface area contributed by atoms with Gasteiger partial charge in [0, 0.05) is 30.0 Å². The molecule has 23 heavy (non-hydrogen) atoms. The minimum atomic E-state index is -0.276. The van der Waals surface area contributed by atoms with E-state index in [1.54, 1.807) is 12.1 Å². The quantitative estimate of drug-likeness (QED) is 0.684. The van der Waals surface area contributed by atoms with E-state index in [9.17, 15) is 10.1 Å². The zero-order valence-electron chi connectivity index (χ0n) is 12.6. The molecular formula is C18H18N2O3. The highest BCUT2D eigenvalue weighted by molar-refractivity contribution is 5.41. The van der Waals surface area contributed by atoms with E-state index in [0.29, 0.717) is 24.5 Å². The Kier molecular flexibility index (Phi) is 1.73. The smallest absolute Gasteiger partial charge is 0.273 e. The number of hydrogen-bond donors (Lipinski definition) is 1. The van der Waals surface area contributed by atoms with Gasteiger partial charge in [0.25, 0.3) is 5.69 Å². The van der Waals surface area contributed by atoms with Gasteiger partial charge >= 0.3 is 0 Å². The van der Waals surface area contributed by atoms with Crippen LogP contribution in [0.15, 0.2) is 24.3 Å². The van der Waals surface area contributed by atoms with Crippen molar-refractivity contribution in [2.24, 2.45) is 47.3 Å². The number of nitrogens with zero attached hydrogens (tertiary/aromatic N) is 1. The molecule has 5 saturated carbocycles. The second-order valence-electron chi connectivity index (χ2n) is 8.54. The summed E-state index contributed by atoms with van der Waals surface area (Å²) < 4.78 is 6.60. The van der Waals surface area contributed by atoms with Crippen molar-refractivity contribution in [1.29, 1.82) is 0 Å². The van der Waals surface area contributed by atoms with Gasteiger partial charge in [0.1, 0.15) is 5.72 Å². The van der Waals surface area contributed by atoms with Crippen LogP contribution in [0.5, 0.6) is 0 Å². The number of benzene rings is 1. The van der Waals surface area contributed by atoms with Crippen molar-refractivity contribution in [3.63, 3.8) is 0 Å². The van der Waals surface area contributed by atoms with Crippen LogP contribution in [-0.4, -0.2) is 16.8 Å². The highest BCUT2D eigenvalue weighted by atomic mass is 16.6. The molecule has 4 bridgehead atoms. The Hall–Kier alpha value is -1.46. The molecular weight excluding hydrogens is 292 g/mol. The maximum atomic E-state index is 11.2. The first-order chi connectivity index (χ1) is 11.2. The van der Waals surface area contributed by atoms with Crippen LogP contribution in [0.25, 0.3) is 0 Å². The fourth-order valence-electron chi connectivity index (χ4n) is 8.36. The van der Waals surface area contributed by atoms with Crippen LogP contribution in [0.4, 0.5) is 5.69 Å². The maximum Gasteiger partial charge on any atom is 0.273 e. The molecule has 8 rings (SSSR count). The molecule has 1 N–H and O–H groups in total. The van der Waals surface area contributed by atoms with Crippen molar-refractivity contribution < 1.29 is 9.66 Å². The summed E-state index contributed by atoms with van der Waals surface area (Å²) in [6.45, 7) is 0.547. The first-order valence-electron chi connectivity index (χ1n) is 8.87. The largest absolute Gasteiger partial charge is 0.356 e. The van der Waals surface area contributed by atoms with Crippen molar-refractivity contribution in [3.05, 3.63) is 39.9 Å². The molecule has 2 saturated heterocycles. The Morgan fingerprint density at radius 2 is 2.04 bits per heavy atom. The minimum absolute atomic E-state index is 0.152. The molecule has 7 aliphatic rings. The van der Waals surface area contributed by atoms with Gasteiger partial charge in [0.2, 0.25) is 0 Å². The lowest BCUT2D eigenvalue weighted by atomic mass is 9.59. The molecule has 1 aromatic carbocycles. The van der Waals surface area contributed by atoms with Crippen LogP contribution < -0.4 is 5.32 Å². The summed E-state index contributed by atoms with van der Waals surface area (Å²) >= 11 is 0. The third-order valence-corrected chi connectivity index (χ3v) is 8.45. The number of ether oxygens (including phenoxy) is 1. The number of nitrogens with one attached hydrogen (secondary N) is 1. The summed E-state index contributed by atoms with van der Waals surface area (Å²) in [5.41, 5.74) is 0.842. The normalized spacial score (nSPS) is 57.7. The summed E-state index contributed by atoms with van der Waals surface area (Å²) in [4.78, 5) is 11.0. The lowest BCUT2D eigenvalue weighted by Crippen LogP contribution is -2.56. The van der Waals surface area contributed by atoms with Gasteiger partial charge in [0.05, 0.1) is 11.0 Å². The monoisotopic (exact) mass is 310 g/mol. The average molecular weight is 310 g/mol. The molecule has 0 aromatic heterocycles. The van der Waals surface area contributed by atoms with E-state index < -0.39 is 0 Å².